The van der Waals surface area contributed by atoms with Gasteiger partial charge >= 0.3 is 0 Å². The zero-order chi connectivity index (χ0) is 8.70. The molecule has 0 aliphatic heterocycles. The summed E-state index contributed by atoms with van der Waals surface area (Å²) >= 11 is 0. The monoisotopic (exact) mass is 164 g/mol. The third kappa shape index (κ3) is 1.89. The van der Waals surface area contributed by atoms with Crippen LogP contribution in [-0.4, -0.2) is 16.6 Å². The maximum atomic E-state index is 12.7. The van der Waals surface area contributed by atoms with Gasteiger partial charge in [-0.25, -0.2) is 8.78 Å². The molecule has 0 spiro atoms. The van der Waals surface area contributed by atoms with E-state index in [2.05, 4.69) is 0 Å². The second kappa shape index (κ2) is 2.41. The first-order valence-corrected chi connectivity index (χ1v) is 3.94. The predicted octanol–water partition coefficient (Wildman–Crippen LogP) is 2.19. The second-order valence-electron chi connectivity index (χ2n) is 3.82. The minimum atomic E-state index is -2.55. The van der Waals surface area contributed by atoms with E-state index in [1.807, 2.05) is 0 Å². The van der Waals surface area contributed by atoms with Gasteiger partial charge in [-0.05, 0) is 19.3 Å². The van der Waals surface area contributed by atoms with E-state index in [0.717, 1.165) is 0 Å². The molecule has 3 heteroatoms. The largest absolute Gasteiger partial charge is 0.390 e. The normalized spacial score (nSPS) is 43.9. The van der Waals surface area contributed by atoms with Crippen molar-refractivity contribution in [3.63, 3.8) is 0 Å². The van der Waals surface area contributed by atoms with Crippen molar-refractivity contribution in [2.45, 2.75) is 44.6 Å². The third-order valence-electron chi connectivity index (χ3n) is 2.66. The quantitative estimate of drug-likeness (QED) is 0.582. The maximum absolute atomic E-state index is 12.7. The van der Waals surface area contributed by atoms with Gasteiger partial charge < -0.3 is 5.11 Å². The summed E-state index contributed by atoms with van der Waals surface area (Å²) < 4.78 is 25.4. The Bertz CT molecular complexity index is 154. The summed E-state index contributed by atoms with van der Waals surface area (Å²) in [4.78, 5) is 0. The topological polar surface area (TPSA) is 20.2 Å². The van der Waals surface area contributed by atoms with Crippen molar-refractivity contribution in [3.05, 3.63) is 0 Å². The van der Waals surface area contributed by atoms with Crippen molar-refractivity contribution in [2.24, 2.45) is 5.92 Å². The van der Waals surface area contributed by atoms with Crippen LogP contribution >= 0.6 is 0 Å². The molecule has 1 nitrogen and oxygen atoms in total. The Morgan fingerprint density at radius 3 is 2.27 bits per heavy atom. The molecule has 0 unspecified atom stereocenters. The lowest BCUT2D eigenvalue weighted by atomic mass is 9.76. The molecular weight excluding hydrogens is 150 g/mol. The van der Waals surface area contributed by atoms with Crippen molar-refractivity contribution in [1.82, 2.24) is 0 Å². The van der Waals surface area contributed by atoms with E-state index in [4.69, 9.17) is 0 Å². The molecule has 0 heterocycles. The molecular formula is C8H14F2O. The molecule has 1 fully saturated rings. The van der Waals surface area contributed by atoms with Crippen LogP contribution in [-0.2, 0) is 0 Å². The summed E-state index contributed by atoms with van der Waals surface area (Å²) in [6.45, 7) is 3.31. The standard InChI is InChI=1S/C8H14F2O/c1-6-5-8(9,10)4-3-7(6,2)11/h6,11H,3-5H2,1-2H3/t6-,7+/m1/s1. The van der Waals surface area contributed by atoms with Gasteiger partial charge in [0.2, 0.25) is 5.92 Å². The SMILES string of the molecule is C[C@@H]1CC(F)(F)CC[C@]1(C)O. The van der Waals surface area contributed by atoms with Crippen molar-refractivity contribution in [1.29, 1.82) is 0 Å². The third-order valence-corrected chi connectivity index (χ3v) is 2.66. The van der Waals surface area contributed by atoms with Crippen LogP contribution < -0.4 is 0 Å². The summed E-state index contributed by atoms with van der Waals surface area (Å²) in [7, 11) is 0. The number of rotatable bonds is 0. The van der Waals surface area contributed by atoms with Crippen LogP contribution in [0.5, 0.6) is 0 Å². The van der Waals surface area contributed by atoms with Crippen LogP contribution in [0.25, 0.3) is 0 Å². The second-order valence-corrected chi connectivity index (χ2v) is 3.82. The Kier molecular flexibility index (Phi) is 1.95. The Hall–Kier alpha value is -0.180. The minimum Gasteiger partial charge on any atom is -0.390 e. The van der Waals surface area contributed by atoms with Gasteiger partial charge in [-0.3, -0.25) is 0 Å². The van der Waals surface area contributed by atoms with Crippen molar-refractivity contribution in [2.75, 3.05) is 0 Å². The molecule has 0 aromatic carbocycles. The molecule has 0 aromatic heterocycles. The Balaban J connectivity index is 2.63. The average Bonchev–Trinajstić information content (AvgIpc) is 1.81. The van der Waals surface area contributed by atoms with Gasteiger partial charge in [-0.2, -0.15) is 0 Å². The fourth-order valence-electron chi connectivity index (χ4n) is 1.45. The Morgan fingerprint density at radius 1 is 1.36 bits per heavy atom. The summed E-state index contributed by atoms with van der Waals surface area (Å²) in [5.41, 5.74) is -0.887. The van der Waals surface area contributed by atoms with Gasteiger partial charge in [-0.1, -0.05) is 6.92 Å². The molecule has 1 saturated carbocycles. The van der Waals surface area contributed by atoms with Crippen LogP contribution in [0.3, 0.4) is 0 Å². The Morgan fingerprint density at radius 2 is 1.91 bits per heavy atom. The number of alkyl halides is 2. The molecule has 0 radical (unpaired) electrons. The lowest BCUT2D eigenvalue weighted by Crippen LogP contribution is -2.42. The van der Waals surface area contributed by atoms with Gasteiger partial charge in [0.25, 0.3) is 0 Å². The van der Waals surface area contributed by atoms with Crippen LogP contribution in [0.15, 0.2) is 0 Å². The summed E-state index contributed by atoms with van der Waals surface area (Å²) in [5.74, 6) is -2.85. The van der Waals surface area contributed by atoms with Crippen molar-refractivity contribution in [3.8, 4) is 0 Å². The van der Waals surface area contributed by atoms with E-state index >= 15 is 0 Å². The molecule has 1 aliphatic carbocycles. The molecule has 1 aliphatic rings. The van der Waals surface area contributed by atoms with E-state index in [1.54, 1.807) is 13.8 Å². The number of hydrogen-bond donors (Lipinski definition) is 1. The highest BCUT2D eigenvalue weighted by molar-refractivity contribution is 4.90. The number of aliphatic hydroxyl groups is 1. The molecule has 0 bridgehead atoms. The van der Waals surface area contributed by atoms with Gasteiger partial charge in [0.05, 0.1) is 5.60 Å². The van der Waals surface area contributed by atoms with E-state index in [-0.39, 0.29) is 25.2 Å². The van der Waals surface area contributed by atoms with Crippen LogP contribution in [0.2, 0.25) is 0 Å². The zero-order valence-corrected chi connectivity index (χ0v) is 6.90. The first kappa shape index (κ1) is 8.91. The van der Waals surface area contributed by atoms with Crippen molar-refractivity contribution >= 4 is 0 Å². The predicted molar refractivity (Wildman–Crippen MR) is 38.6 cm³/mol. The first-order chi connectivity index (χ1) is 4.83. The number of hydrogen-bond acceptors (Lipinski definition) is 1. The van der Waals surface area contributed by atoms with Gasteiger partial charge in [0.1, 0.15) is 0 Å². The van der Waals surface area contributed by atoms with E-state index in [9.17, 15) is 13.9 Å². The lowest BCUT2D eigenvalue weighted by Gasteiger charge is -2.38. The van der Waals surface area contributed by atoms with Crippen LogP contribution in [0, 0.1) is 5.92 Å². The lowest BCUT2D eigenvalue weighted by molar-refractivity contribution is -0.127. The number of halogens is 2. The zero-order valence-electron chi connectivity index (χ0n) is 6.90. The molecule has 11 heavy (non-hydrogen) atoms. The average molecular weight is 164 g/mol. The highest BCUT2D eigenvalue weighted by Crippen LogP contribution is 2.41. The van der Waals surface area contributed by atoms with Crippen LogP contribution in [0.1, 0.15) is 33.1 Å². The molecule has 2 atom stereocenters. The summed E-state index contributed by atoms with van der Waals surface area (Å²) in [6.07, 6.45) is -0.147. The van der Waals surface area contributed by atoms with Gasteiger partial charge in [0, 0.05) is 12.8 Å². The maximum Gasteiger partial charge on any atom is 0.248 e. The minimum absolute atomic E-state index is 0.176. The van der Waals surface area contributed by atoms with E-state index in [1.165, 1.54) is 0 Å². The summed E-state index contributed by atoms with van der Waals surface area (Å²) in [5, 5.41) is 9.54. The highest BCUT2D eigenvalue weighted by Gasteiger charge is 2.44. The first-order valence-electron chi connectivity index (χ1n) is 3.94. The highest BCUT2D eigenvalue weighted by atomic mass is 19.3. The Labute approximate surface area is 65.4 Å². The fourth-order valence-corrected chi connectivity index (χ4v) is 1.45. The summed E-state index contributed by atoms with van der Waals surface area (Å²) in [6, 6.07) is 0. The van der Waals surface area contributed by atoms with Gasteiger partial charge in [-0.15, -0.1) is 0 Å². The fraction of sp³-hybridized carbons (Fsp3) is 1.00. The molecule has 0 aromatic rings. The molecule has 0 saturated heterocycles. The molecule has 66 valence electrons. The van der Waals surface area contributed by atoms with Crippen LogP contribution in [0.4, 0.5) is 8.78 Å². The molecule has 1 N–H and O–H groups in total. The van der Waals surface area contributed by atoms with Crippen molar-refractivity contribution < 1.29 is 13.9 Å². The smallest absolute Gasteiger partial charge is 0.248 e. The molecule has 0 amide bonds. The molecule has 1 rings (SSSR count). The van der Waals surface area contributed by atoms with E-state index < -0.39 is 11.5 Å². The van der Waals surface area contributed by atoms with Gasteiger partial charge in [0.15, 0.2) is 0 Å². The van der Waals surface area contributed by atoms with E-state index in [0.29, 0.717) is 0 Å².